The minimum Gasteiger partial charge on any atom is -0.325 e. The fraction of sp³-hybridized carbons (Fsp3) is 0.286. The molecule has 144 valence electrons. The highest BCUT2D eigenvalue weighted by Gasteiger charge is 2.37. The van der Waals surface area contributed by atoms with Crippen molar-refractivity contribution >= 4 is 23.4 Å². The summed E-state index contributed by atoms with van der Waals surface area (Å²) in [6.07, 6.45) is 0.863. The van der Waals surface area contributed by atoms with Crippen molar-refractivity contribution in [3.05, 3.63) is 71.0 Å². The lowest BCUT2D eigenvalue weighted by Gasteiger charge is -2.33. The molecular formula is C21H23N5OS. The zero-order valence-electron chi connectivity index (χ0n) is 16.1. The van der Waals surface area contributed by atoms with E-state index in [9.17, 15) is 4.79 Å². The third-order valence-corrected chi connectivity index (χ3v) is 6.16. The van der Waals surface area contributed by atoms with Gasteiger partial charge in [-0.25, -0.2) is 4.68 Å². The van der Waals surface area contributed by atoms with Crippen molar-refractivity contribution in [2.45, 2.75) is 43.6 Å². The predicted molar refractivity (Wildman–Crippen MR) is 112 cm³/mol. The Kier molecular flexibility index (Phi) is 5.09. The summed E-state index contributed by atoms with van der Waals surface area (Å²) in [4.78, 5) is 13.3. The summed E-state index contributed by atoms with van der Waals surface area (Å²) in [6.45, 7) is 6.04. The van der Waals surface area contributed by atoms with E-state index in [-0.39, 0.29) is 17.2 Å². The Morgan fingerprint density at radius 2 is 1.89 bits per heavy atom. The van der Waals surface area contributed by atoms with Crippen LogP contribution in [0, 0.1) is 13.8 Å². The number of aromatic nitrogens is 3. The molecule has 0 bridgehead atoms. The number of hydrogen-bond acceptors (Lipinski definition) is 5. The summed E-state index contributed by atoms with van der Waals surface area (Å²) in [7, 11) is 0. The van der Waals surface area contributed by atoms with Gasteiger partial charge in [-0.1, -0.05) is 66.7 Å². The largest absolute Gasteiger partial charge is 0.325 e. The number of para-hydroxylation sites is 1. The van der Waals surface area contributed by atoms with E-state index >= 15 is 0 Å². The normalized spacial score (nSPS) is 18.2. The Hall–Kier alpha value is -2.80. The van der Waals surface area contributed by atoms with Crippen molar-refractivity contribution in [2.24, 2.45) is 0 Å². The summed E-state index contributed by atoms with van der Waals surface area (Å²) < 4.78 is 1.86. The van der Waals surface area contributed by atoms with Gasteiger partial charge in [-0.2, -0.15) is 0 Å². The number of aryl methyl sites for hydroxylation is 3. The Morgan fingerprint density at radius 3 is 2.64 bits per heavy atom. The molecule has 2 aromatic carbocycles. The maximum atomic E-state index is 13.3. The Labute approximate surface area is 168 Å². The molecule has 2 atom stereocenters. The molecule has 0 unspecified atom stereocenters. The maximum Gasteiger partial charge on any atom is 0.240 e. The topological polar surface area (TPSA) is 71.8 Å². The van der Waals surface area contributed by atoms with Crippen LogP contribution < -0.4 is 10.7 Å². The molecule has 7 heteroatoms. The average Bonchev–Trinajstić information content (AvgIpc) is 3.08. The summed E-state index contributed by atoms with van der Waals surface area (Å²) in [6, 6.07) is 16.0. The van der Waals surface area contributed by atoms with Crippen molar-refractivity contribution in [1.29, 1.82) is 0 Å². The molecule has 6 nitrogen and oxygen atoms in total. The van der Waals surface area contributed by atoms with Crippen LogP contribution >= 0.6 is 11.8 Å². The molecule has 0 saturated carbocycles. The van der Waals surface area contributed by atoms with Crippen LogP contribution in [0.25, 0.3) is 0 Å². The molecule has 2 heterocycles. The molecule has 0 radical (unpaired) electrons. The van der Waals surface area contributed by atoms with Crippen LogP contribution in [-0.2, 0) is 11.2 Å². The standard InChI is InChI=1S/C21H23N5OS/c1-4-15-7-5-6-8-17(15)22-20(27)19-18(16-11-9-13(2)10-12-16)25-26-14(3)23-24-21(26)28-19/h5-12,18-19,25H,4H2,1-3H3,(H,22,27)/t18-,19+/m1/s1. The third kappa shape index (κ3) is 3.49. The zero-order valence-corrected chi connectivity index (χ0v) is 17.0. The van der Waals surface area contributed by atoms with Gasteiger partial charge >= 0.3 is 0 Å². The van der Waals surface area contributed by atoms with Gasteiger partial charge in [-0.3, -0.25) is 4.79 Å². The van der Waals surface area contributed by atoms with Crippen molar-refractivity contribution in [2.75, 3.05) is 10.7 Å². The SMILES string of the molecule is CCc1ccccc1NC(=O)[C@H]1Sc2nnc(C)n2N[C@@H]1c1ccc(C)cc1. The molecule has 0 fully saturated rings. The molecule has 1 amide bonds. The minimum atomic E-state index is -0.372. The van der Waals surface area contributed by atoms with Gasteiger partial charge in [0.1, 0.15) is 11.1 Å². The molecule has 2 N–H and O–H groups in total. The lowest BCUT2D eigenvalue weighted by molar-refractivity contribution is -0.116. The molecule has 1 aliphatic rings. The number of carbonyl (C=O) groups excluding carboxylic acids is 1. The van der Waals surface area contributed by atoms with Crippen LogP contribution in [0.15, 0.2) is 53.7 Å². The number of nitrogens with one attached hydrogen (secondary N) is 2. The highest BCUT2D eigenvalue weighted by molar-refractivity contribution is 8.00. The van der Waals surface area contributed by atoms with E-state index in [1.807, 2.05) is 35.9 Å². The summed E-state index contributed by atoms with van der Waals surface area (Å²) in [5, 5.41) is 11.8. The second-order valence-corrected chi connectivity index (χ2v) is 8.03. The van der Waals surface area contributed by atoms with E-state index < -0.39 is 0 Å². The molecule has 4 rings (SSSR count). The van der Waals surface area contributed by atoms with Gasteiger partial charge in [0.05, 0.1) is 6.04 Å². The molecule has 1 aliphatic heterocycles. The van der Waals surface area contributed by atoms with Crippen LogP contribution in [0.3, 0.4) is 0 Å². The number of nitrogens with zero attached hydrogens (tertiary/aromatic N) is 3. The zero-order chi connectivity index (χ0) is 19.7. The summed E-state index contributed by atoms with van der Waals surface area (Å²) in [5.74, 6) is 0.727. The van der Waals surface area contributed by atoms with Gasteiger partial charge in [-0.15, -0.1) is 10.2 Å². The van der Waals surface area contributed by atoms with E-state index in [2.05, 4.69) is 59.1 Å². The first-order valence-electron chi connectivity index (χ1n) is 9.37. The van der Waals surface area contributed by atoms with E-state index in [0.717, 1.165) is 29.1 Å². The van der Waals surface area contributed by atoms with Crippen molar-refractivity contribution in [3.8, 4) is 0 Å². The van der Waals surface area contributed by atoms with E-state index in [0.29, 0.717) is 5.16 Å². The number of fused-ring (bicyclic) bond motifs is 1. The number of benzene rings is 2. The molecule has 28 heavy (non-hydrogen) atoms. The van der Waals surface area contributed by atoms with Crippen molar-refractivity contribution in [3.63, 3.8) is 0 Å². The maximum absolute atomic E-state index is 13.3. The first kappa shape index (κ1) is 18.6. The number of carbonyl (C=O) groups is 1. The third-order valence-electron chi connectivity index (χ3n) is 4.95. The first-order valence-corrected chi connectivity index (χ1v) is 10.3. The van der Waals surface area contributed by atoms with Crippen LogP contribution in [0.4, 0.5) is 5.69 Å². The fourth-order valence-corrected chi connectivity index (χ4v) is 4.46. The second-order valence-electron chi connectivity index (χ2n) is 6.92. The molecule has 0 aliphatic carbocycles. The first-order chi connectivity index (χ1) is 13.6. The van der Waals surface area contributed by atoms with Gasteiger partial charge in [0.2, 0.25) is 11.1 Å². The summed E-state index contributed by atoms with van der Waals surface area (Å²) in [5.41, 5.74) is 7.66. The van der Waals surface area contributed by atoms with Gasteiger partial charge in [0.15, 0.2) is 0 Å². The number of amides is 1. The quantitative estimate of drug-likeness (QED) is 0.704. The number of hydrogen-bond donors (Lipinski definition) is 2. The number of anilines is 1. The summed E-state index contributed by atoms with van der Waals surface area (Å²) >= 11 is 1.44. The van der Waals surface area contributed by atoms with Gasteiger partial charge in [0.25, 0.3) is 0 Å². The molecule has 0 spiro atoms. The molecule has 1 aromatic heterocycles. The van der Waals surface area contributed by atoms with E-state index in [1.54, 1.807) is 0 Å². The number of rotatable bonds is 4. The Balaban J connectivity index is 1.67. The van der Waals surface area contributed by atoms with Crippen molar-refractivity contribution in [1.82, 2.24) is 14.9 Å². The van der Waals surface area contributed by atoms with Gasteiger partial charge in [0, 0.05) is 5.69 Å². The van der Waals surface area contributed by atoms with E-state index in [4.69, 9.17) is 0 Å². The number of thioether (sulfide) groups is 1. The predicted octanol–water partition coefficient (Wildman–Crippen LogP) is 3.86. The monoisotopic (exact) mass is 393 g/mol. The van der Waals surface area contributed by atoms with Gasteiger partial charge < -0.3 is 10.7 Å². The van der Waals surface area contributed by atoms with Crippen molar-refractivity contribution < 1.29 is 4.79 Å². The van der Waals surface area contributed by atoms with Gasteiger partial charge in [-0.05, 0) is 37.5 Å². The lowest BCUT2D eigenvalue weighted by atomic mass is 10.0. The van der Waals surface area contributed by atoms with Crippen LogP contribution in [0.1, 0.15) is 35.5 Å². The minimum absolute atomic E-state index is 0.0455. The Morgan fingerprint density at radius 1 is 1.14 bits per heavy atom. The highest BCUT2D eigenvalue weighted by Crippen LogP contribution is 2.37. The highest BCUT2D eigenvalue weighted by atomic mass is 32.2. The van der Waals surface area contributed by atoms with Crippen LogP contribution in [0.5, 0.6) is 0 Å². The molecule has 3 aromatic rings. The van der Waals surface area contributed by atoms with Crippen LogP contribution in [-0.4, -0.2) is 26.0 Å². The average molecular weight is 394 g/mol. The molecular weight excluding hydrogens is 370 g/mol. The second kappa shape index (κ2) is 7.67. The Bertz CT molecular complexity index is 998. The van der Waals surface area contributed by atoms with E-state index in [1.165, 1.54) is 17.3 Å². The lowest BCUT2D eigenvalue weighted by Crippen LogP contribution is -2.41. The molecule has 0 saturated heterocycles. The smallest absolute Gasteiger partial charge is 0.240 e. The fourth-order valence-electron chi connectivity index (χ4n) is 3.34. The van der Waals surface area contributed by atoms with Crippen LogP contribution in [0.2, 0.25) is 0 Å².